The molecule has 0 amide bonds. The first-order valence-electron chi connectivity index (χ1n) is 4.03. The molecule has 0 atom stereocenters. The zero-order valence-electron chi connectivity index (χ0n) is 8.27. The van der Waals surface area contributed by atoms with Crippen LogP contribution in [0.25, 0.3) is 0 Å². The second kappa shape index (κ2) is 4.79. The molecule has 0 aliphatic carbocycles. The van der Waals surface area contributed by atoms with Crippen LogP contribution in [0.1, 0.15) is 0 Å². The van der Waals surface area contributed by atoms with E-state index in [0.717, 1.165) is 0 Å². The lowest BCUT2D eigenvalue weighted by Crippen LogP contribution is -2.27. The molecule has 0 rings (SSSR count). The second-order valence-electron chi connectivity index (χ2n) is 4.00. The van der Waals surface area contributed by atoms with Crippen LogP contribution in [-0.4, -0.2) is 26.8 Å². The molecule has 0 aromatic carbocycles. The fourth-order valence-electron chi connectivity index (χ4n) is 0.490. The first-order chi connectivity index (χ1) is 6.13. The van der Waals surface area contributed by atoms with Gasteiger partial charge in [-0.15, -0.1) is 0 Å². The van der Waals surface area contributed by atoms with Crippen LogP contribution in [0.4, 0.5) is 13.2 Å². The highest BCUT2D eigenvalue weighted by Gasteiger charge is 2.42. The molecule has 0 unspecified atom stereocenters. The highest BCUT2D eigenvalue weighted by molar-refractivity contribution is 6.76. The van der Waals surface area contributed by atoms with Crippen molar-refractivity contribution < 1.29 is 27.7 Å². The van der Waals surface area contributed by atoms with Gasteiger partial charge in [-0.2, -0.15) is 18.1 Å². The normalized spacial score (nSPS) is 12.7. The van der Waals surface area contributed by atoms with Crippen molar-refractivity contribution in [1.82, 2.24) is 0 Å². The summed E-state index contributed by atoms with van der Waals surface area (Å²) in [4.78, 5) is 17.9. The van der Waals surface area contributed by atoms with Crippen molar-refractivity contribution in [3.8, 4) is 0 Å². The van der Waals surface area contributed by atoms with Gasteiger partial charge in [0.25, 0.3) is 0 Å². The maximum atomic E-state index is 11.6. The van der Waals surface area contributed by atoms with Crippen molar-refractivity contribution in [1.29, 1.82) is 0 Å². The highest BCUT2D eigenvalue weighted by atomic mass is 28.3. The third-order valence-electron chi connectivity index (χ3n) is 1.30. The Hall–Kier alpha value is -0.563. The van der Waals surface area contributed by atoms with Gasteiger partial charge in [0.05, 0.1) is 6.61 Å². The molecule has 3 nitrogen and oxygen atoms in total. The SMILES string of the molecule is C[Si](C)(C)CCOOC(=O)C(F)(F)F. The fraction of sp³-hybridized carbons (Fsp3) is 0.857. The van der Waals surface area contributed by atoms with E-state index in [1.54, 1.807) is 0 Å². The summed E-state index contributed by atoms with van der Waals surface area (Å²) in [7, 11) is -1.37. The average Bonchev–Trinajstić information content (AvgIpc) is 1.93. The van der Waals surface area contributed by atoms with Gasteiger partial charge < -0.3 is 0 Å². The van der Waals surface area contributed by atoms with E-state index < -0.39 is 20.2 Å². The minimum absolute atomic E-state index is 0.0115. The molecular formula is C7H13F3O3Si. The molecule has 84 valence electrons. The zero-order chi connectivity index (χ0) is 11.4. The van der Waals surface area contributed by atoms with E-state index in [1.807, 2.05) is 19.6 Å². The van der Waals surface area contributed by atoms with Crippen molar-refractivity contribution in [2.24, 2.45) is 0 Å². The zero-order valence-corrected chi connectivity index (χ0v) is 9.27. The Morgan fingerprint density at radius 2 is 1.79 bits per heavy atom. The quantitative estimate of drug-likeness (QED) is 0.322. The van der Waals surface area contributed by atoms with E-state index in [2.05, 4.69) is 9.78 Å². The van der Waals surface area contributed by atoms with Crippen LogP contribution in [0.5, 0.6) is 0 Å². The molecule has 0 spiro atoms. The highest BCUT2D eigenvalue weighted by Crippen LogP contribution is 2.16. The molecule has 14 heavy (non-hydrogen) atoms. The predicted molar refractivity (Wildman–Crippen MR) is 46.3 cm³/mol. The summed E-state index contributed by atoms with van der Waals surface area (Å²) < 4.78 is 34.7. The molecular weight excluding hydrogens is 217 g/mol. The molecule has 7 heteroatoms. The van der Waals surface area contributed by atoms with Crippen molar-refractivity contribution in [3.63, 3.8) is 0 Å². The minimum Gasteiger partial charge on any atom is -0.288 e. The lowest BCUT2D eigenvalue weighted by Gasteiger charge is -2.14. The molecule has 0 bridgehead atoms. The minimum atomic E-state index is -4.99. The Balaban J connectivity index is 3.62. The van der Waals surface area contributed by atoms with E-state index in [4.69, 9.17) is 0 Å². The van der Waals surface area contributed by atoms with Gasteiger partial charge in [-0.25, -0.2) is 4.79 Å². The molecule has 0 aliphatic rings. The molecule has 0 heterocycles. The Bertz CT molecular complexity index is 197. The lowest BCUT2D eigenvalue weighted by molar-refractivity contribution is -0.299. The summed E-state index contributed by atoms with van der Waals surface area (Å²) in [5.74, 6) is -2.31. The van der Waals surface area contributed by atoms with E-state index in [1.165, 1.54) is 0 Å². The Morgan fingerprint density at radius 3 is 2.14 bits per heavy atom. The summed E-state index contributed by atoms with van der Waals surface area (Å²) in [5.41, 5.74) is 0. The van der Waals surface area contributed by atoms with Gasteiger partial charge in [0.2, 0.25) is 0 Å². The van der Waals surface area contributed by atoms with Gasteiger partial charge in [-0.1, -0.05) is 19.6 Å². The molecule has 0 aromatic heterocycles. The standard InChI is InChI=1S/C7H13F3O3Si/c1-14(2,3)5-4-12-13-6(11)7(8,9)10/h4-5H2,1-3H3. The molecule has 0 saturated heterocycles. The smallest absolute Gasteiger partial charge is 0.288 e. The van der Waals surface area contributed by atoms with E-state index in [9.17, 15) is 18.0 Å². The summed E-state index contributed by atoms with van der Waals surface area (Å²) in [6.45, 7) is 6.10. The van der Waals surface area contributed by atoms with Crippen molar-refractivity contribution in [2.45, 2.75) is 31.9 Å². The van der Waals surface area contributed by atoms with Gasteiger partial charge in [-0.05, 0) is 6.04 Å². The van der Waals surface area contributed by atoms with Gasteiger partial charge in [-0.3, -0.25) is 4.89 Å². The van der Waals surface area contributed by atoms with Crippen molar-refractivity contribution in [2.75, 3.05) is 6.61 Å². The third kappa shape index (κ3) is 6.90. The number of hydrogen-bond donors (Lipinski definition) is 0. The Morgan fingerprint density at radius 1 is 1.29 bits per heavy atom. The number of rotatable bonds is 4. The molecule has 0 N–H and O–H groups in total. The maximum absolute atomic E-state index is 11.6. The van der Waals surface area contributed by atoms with Crippen LogP contribution in [0, 0.1) is 0 Å². The first kappa shape index (κ1) is 13.4. The number of carbonyl (C=O) groups is 1. The second-order valence-corrected chi connectivity index (χ2v) is 9.62. The number of alkyl halides is 3. The molecule has 0 saturated carbocycles. The Kier molecular flexibility index (Phi) is 4.59. The Labute approximate surface area is 81.1 Å². The monoisotopic (exact) mass is 230 g/mol. The van der Waals surface area contributed by atoms with Gasteiger partial charge in [0.15, 0.2) is 0 Å². The third-order valence-corrected chi connectivity index (χ3v) is 3.01. The number of halogens is 3. The summed E-state index contributed by atoms with van der Waals surface area (Å²) in [6, 6.07) is 0.637. The molecule has 0 aliphatic heterocycles. The van der Waals surface area contributed by atoms with Crippen LogP contribution in [0.2, 0.25) is 25.7 Å². The molecule has 0 radical (unpaired) electrons. The fourth-order valence-corrected chi connectivity index (χ4v) is 1.19. The largest absolute Gasteiger partial charge is 0.494 e. The molecule has 0 fully saturated rings. The van der Waals surface area contributed by atoms with Crippen LogP contribution in [0.15, 0.2) is 0 Å². The van der Waals surface area contributed by atoms with Crippen LogP contribution in [-0.2, 0) is 14.6 Å². The lowest BCUT2D eigenvalue weighted by atomic mass is 10.7. The number of hydrogen-bond acceptors (Lipinski definition) is 3. The van der Waals surface area contributed by atoms with Gasteiger partial charge >= 0.3 is 12.1 Å². The summed E-state index contributed by atoms with van der Waals surface area (Å²) >= 11 is 0. The van der Waals surface area contributed by atoms with Crippen LogP contribution in [0.3, 0.4) is 0 Å². The van der Waals surface area contributed by atoms with E-state index in [-0.39, 0.29) is 6.61 Å². The molecule has 0 aromatic rings. The summed E-state index contributed by atoms with van der Waals surface area (Å²) in [6.07, 6.45) is -4.99. The summed E-state index contributed by atoms with van der Waals surface area (Å²) in [5, 5.41) is 0. The first-order valence-corrected chi connectivity index (χ1v) is 7.74. The van der Waals surface area contributed by atoms with Crippen LogP contribution >= 0.6 is 0 Å². The van der Waals surface area contributed by atoms with Crippen molar-refractivity contribution in [3.05, 3.63) is 0 Å². The van der Waals surface area contributed by atoms with Gasteiger partial charge in [0.1, 0.15) is 0 Å². The topological polar surface area (TPSA) is 35.5 Å². The van der Waals surface area contributed by atoms with E-state index in [0.29, 0.717) is 6.04 Å². The maximum Gasteiger partial charge on any atom is 0.494 e. The van der Waals surface area contributed by atoms with E-state index >= 15 is 0 Å². The number of carbonyl (C=O) groups excluding carboxylic acids is 1. The van der Waals surface area contributed by atoms with Crippen LogP contribution < -0.4 is 0 Å². The van der Waals surface area contributed by atoms with Crippen molar-refractivity contribution >= 4 is 14.0 Å². The average molecular weight is 230 g/mol. The predicted octanol–water partition coefficient (Wildman–Crippen LogP) is 2.36. The van der Waals surface area contributed by atoms with Gasteiger partial charge in [0, 0.05) is 8.07 Å².